The molecule has 2 unspecified atom stereocenters. The molecule has 17 heavy (non-hydrogen) atoms. The second kappa shape index (κ2) is 8.10. The predicted octanol–water partition coefficient (Wildman–Crippen LogP) is 3.51. The SMILES string of the molecule is CCC(C)CN(CC)C(C)(CN)CCC(C)C. The Bertz CT molecular complexity index is 191. The average Bonchev–Trinajstić information content (AvgIpc) is 2.32. The molecule has 0 heterocycles. The van der Waals surface area contributed by atoms with Gasteiger partial charge in [-0.05, 0) is 38.1 Å². The zero-order valence-corrected chi connectivity index (χ0v) is 12.9. The lowest BCUT2D eigenvalue weighted by Crippen LogP contribution is -2.53. The highest BCUT2D eigenvalue weighted by Gasteiger charge is 2.29. The summed E-state index contributed by atoms with van der Waals surface area (Å²) in [6, 6.07) is 0. The van der Waals surface area contributed by atoms with Crippen molar-refractivity contribution in [3.05, 3.63) is 0 Å². The van der Waals surface area contributed by atoms with E-state index in [1.807, 2.05) is 0 Å². The highest BCUT2D eigenvalue weighted by molar-refractivity contribution is 4.87. The molecule has 0 rings (SSSR count). The molecule has 2 N–H and O–H groups in total. The van der Waals surface area contributed by atoms with Crippen LogP contribution in [0.5, 0.6) is 0 Å². The van der Waals surface area contributed by atoms with E-state index in [1.54, 1.807) is 0 Å². The van der Waals surface area contributed by atoms with Crippen molar-refractivity contribution in [3.8, 4) is 0 Å². The number of hydrogen-bond acceptors (Lipinski definition) is 2. The molecule has 0 saturated heterocycles. The molecule has 0 saturated carbocycles. The second-order valence-electron chi connectivity index (χ2n) is 6.19. The van der Waals surface area contributed by atoms with Crippen LogP contribution in [0.1, 0.15) is 60.8 Å². The van der Waals surface area contributed by atoms with Crippen LogP contribution in [0.25, 0.3) is 0 Å². The molecule has 104 valence electrons. The fourth-order valence-corrected chi connectivity index (χ4v) is 2.23. The maximum Gasteiger partial charge on any atom is 0.0303 e. The summed E-state index contributed by atoms with van der Waals surface area (Å²) in [5.41, 5.74) is 6.23. The van der Waals surface area contributed by atoms with Gasteiger partial charge in [0.2, 0.25) is 0 Å². The molecule has 0 radical (unpaired) electrons. The van der Waals surface area contributed by atoms with Gasteiger partial charge in [-0.3, -0.25) is 4.90 Å². The van der Waals surface area contributed by atoms with Crippen molar-refractivity contribution in [2.45, 2.75) is 66.3 Å². The molecule has 0 aliphatic carbocycles. The Kier molecular flexibility index (Phi) is 8.06. The quantitative estimate of drug-likeness (QED) is 0.670. The molecule has 2 nitrogen and oxygen atoms in total. The molecule has 0 aliphatic rings. The second-order valence-corrected chi connectivity index (χ2v) is 6.19. The van der Waals surface area contributed by atoms with Crippen molar-refractivity contribution in [2.24, 2.45) is 17.6 Å². The number of hydrogen-bond donors (Lipinski definition) is 1. The molecule has 0 aromatic heterocycles. The van der Waals surface area contributed by atoms with Crippen molar-refractivity contribution in [1.29, 1.82) is 0 Å². The first-order valence-electron chi connectivity index (χ1n) is 7.34. The Morgan fingerprint density at radius 1 is 1.18 bits per heavy atom. The molecule has 0 aromatic carbocycles. The maximum atomic E-state index is 6.05. The predicted molar refractivity (Wildman–Crippen MR) is 78.2 cm³/mol. The summed E-state index contributed by atoms with van der Waals surface area (Å²) in [6.45, 7) is 16.8. The fraction of sp³-hybridized carbons (Fsp3) is 1.00. The van der Waals surface area contributed by atoms with E-state index in [9.17, 15) is 0 Å². The molecule has 2 atom stereocenters. The minimum Gasteiger partial charge on any atom is -0.329 e. The average molecular weight is 242 g/mol. The molecular weight excluding hydrogens is 208 g/mol. The van der Waals surface area contributed by atoms with Crippen molar-refractivity contribution < 1.29 is 0 Å². The van der Waals surface area contributed by atoms with Gasteiger partial charge in [-0.15, -0.1) is 0 Å². The molecule has 0 bridgehead atoms. The van der Waals surface area contributed by atoms with Crippen molar-refractivity contribution in [1.82, 2.24) is 4.90 Å². The molecule has 2 heteroatoms. The highest BCUT2D eigenvalue weighted by Crippen LogP contribution is 2.24. The van der Waals surface area contributed by atoms with Crippen molar-refractivity contribution >= 4 is 0 Å². The minimum absolute atomic E-state index is 0.183. The van der Waals surface area contributed by atoms with Crippen LogP contribution in [-0.2, 0) is 0 Å². The van der Waals surface area contributed by atoms with Crippen LogP contribution in [0.3, 0.4) is 0 Å². The van der Waals surface area contributed by atoms with Gasteiger partial charge >= 0.3 is 0 Å². The molecular formula is C15H34N2. The van der Waals surface area contributed by atoms with Crippen LogP contribution >= 0.6 is 0 Å². The molecule has 0 fully saturated rings. The van der Waals surface area contributed by atoms with Gasteiger partial charge in [-0.1, -0.05) is 41.0 Å². The first kappa shape index (κ1) is 16.9. The third-order valence-corrected chi connectivity index (χ3v) is 4.07. The summed E-state index contributed by atoms with van der Waals surface area (Å²) < 4.78 is 0. The minimum atomic E-state index is 0.183. The van der Waals surface area contributed by atoms with E-state index < -0.39 is 0 Å². The number of likely N-dealkylation sites (N-methyl/N-ethyl adjacent to an activating group) is 1. The first-order chi connectivity index (χ1) is 7.89. The highest BCUT2D eigenvalue weighted by atomic mass is 15.2. The monoisotopic (exact) mass is 242 g/mol. The van der Waals surface area contributed by atoms with Crippen LogP contribution in [0, 0.1) is 11.8 Å². The molecule has 0 aliphatic heterocycles. The number of rotatable bonds is 9. The summed E-state index contributed by atoms with van der Waals surface area (Å²) in [5, 5.41) is 0. The maximum absolute atomic E-state index is 6.05. The summed E-state index contributed by atoms with van der Waals surface area (Å²) >= 11 is 0. The Labute approximate surface area is 109 Å². The standard InChI is InChI=1S/C15H34N2/c1-7-14(5)11-17(8-2)15(6,12-16)10-9-13(3)4/h13-14H,7-12,16H2,1-6H3. The largest absolute Gasteiger partial charge is 0.329 e. The Hall–Kier alpha value is -0.0800. The van der Waals surface area contributed by atoms with E-state index in [1.165, 1.54) is 25.8 Å². The Balaban J connectivity index is 4.53. The lowest BCUT2D eigenvalue weighted by molar-refractivity contribution is 0.0850. The van der Waals surface area contributed by atoms with Crippen LogP contribution in [0.15, 0.2) is 0 Å². The van der Waals surface area contributed by atoms with Gasteiger partial charge in [0, 0.05) is 18.6 Å². The normalized spacial score (nSPS) is 17.5. The first-order valence-corrected chi connectivity index (χ1v) is 7.34. The van der Waals surface area contributed by atoms with Gasteiger partial charge in [0.05, 0.1) is 0 Å². The van der Waals surface area contributed by atoms with Gasteiger partial charge < -0.3 is 5.73 Å². The van der Waals surface area contributed by atoms with E-state index in [-0.39, 0.29) is 5.54 Å². The van der Waals surface area contributed by atoms with Gasteiger partial charge in [0.25, 0.3) is 0 Å². The van der Waals surface area contributed by atoms with E-state index in [0.29, 0.717) is 0 Å². The topological polar surface area (TPSA) is 29.3 Å². The van der Waals surface area contributed by atoms with Gasteiger partial charge in [-0.25, -0.2) is 0 Å². The third-order valence-electron chi connectivity index (χ3n) is 4.07. The van der Waals surface area contributed by atoms with E-state index >= 15 is 0 Å². The lowest BCUT2D eigenvalue weighted by atomic mass is 9.89. The van der Waals surface area contributed by atoms with Gasteiger partial charge in [0.1, 0.15) is 0 Å². The summed E-state index contributed by atoms with van der Waals surface area (Å²) in [7, 11) is 0. The number of nitrogens with zero attached hydrogens (tertiary/aromatic N) is 1. The third kappa shape index (κ3) is 5.87. The Morgan fingerprint density at radius 3 is 2.12 bits per heavy atom. The van der Waals surface area contributed by atoms with Crippen molar-refractivity contribution in [2.75, 3.05) is 19.6 Å². The summed E-state index contributed by atoms with van der Waals surface area (Å²) in [5.74, 6) is 1.53. The fourth-order valence-electron chi connectivity index (χ4n) is 2.23. The molecule has 0 spiro atoms. The van der Waals surface area contributed by atoms with Crippen LogP contribution < -0.4 is 5.73 Å². The number of nitrogens with two attached hydrogens (primary N) is 1. The van der Waals surface area contributed by atoms with E-state index in [2.05, 4.69) is 46.4 Å². The molecule has 0 aromatic rings. The zero-order valence-electron chi connectivity index (χ0n) is 12.9. The van der Waals surface area contributed by atoms with E-state index in [4.69, 9.17) is 5.73 Å². The van der Waals surface area contributed by atoms with Crippen molar-refractivity contribution in [3.63, 3.8) is 0 Å². The summed E-state index contributed by atoms with van der Waals surface area (Å²) in [6.07, 6.45) is 3.73. The van der Waals surface area contributed by atoms with Crippen LogP contribution in [0.2, 0.25) is 0 Å². The van der Waals surface area contributed by atoms with Gasteiger partial charge in [-0.2, -0.15) is 0 Å². The van der Waals surface area contributed by atoms with Crippen LogP contribution in [-0.4, -0.2) is 30.1 Å². The summed E-state index contributed by atoms with van der Waals surface area (Å²) in [4.78, 5) is 2.59. The van der Waals surface area contributed by atoms with Gasteiger partial charge in [0.15, 0.2) is 0 Å². The smallest absolute Gasteiger partial charge is 0.0303 e. The van der Waals surface area contributed by atoms with Crippen LogP contribution in [0.4, 0.5) is 0 Å². The lowest BCUT2D eigenvalue weighted by Gasteiger charge is -2.42. The Morgan fingerprint density at radius 2 is 1.76 bits per heavy atom. The molecule has 0 amide bonds. The zero-order chi connectivity index (χ0) is 13.5. The van der Waals surface area contributed by atoms with E-state index in [0.717, 1.165) is 24.9 Å².